The number of aliphatic carboxylic acids is 1. The summed E-state index contributed by atoms with van der Waals surface area (Å²) in [5.74, 6) is -0.631. The van der Waals surface area contributed by atoms with Gasteiger partial charge in [-0.25, -0.2) is 9.59 Å². The highest BCUT2D eigenvalue weighted by Crippen LogP contribution is 2.27. The topological polar surface area (TPSA) is 87.7 Å². The van der Waals surface area contributed by atoms with Crippen molar-refractivity contribution in [3.63, 3.8) is 0 Å². The van der Waals surface area contributed by atoms with Crippen molar-refractivity contribution in [3.8, 4) is 5.75 Å². The Hall–Kier alpha value is -1.76. The van der Waals surface area contributed by atoms with Crippen LogP contribution in [0.1, 0.15) is 13.8 Å². The van der Waals surface area contributed by atoms with E-state index < -0.39 is 18.0 Å². The number of carbonyl (C=O) groups excluding carboxylic acids is 1. The van der Waals surface area contributed by atoms with E-state index in [4.69, 9.17) is 9.84 Å². The monoisotopic (exact) mass is 344 g/mol. The molecule has 0 saturated carbocycles. The molecular weight excluding hydrogens is 328 g/mol. The number of carbonyl (C=O) groups is 2. The number of methoxy groups -OCH3 is 1. The fourth-order valence-corrected chi connectivity index (χ4v) is 2.11. The lowest BCUT2D eigenvalue weighted by molar-refractivity contribution is -0.140. The summed E-state index contributed by atoms with van der Waals surface area (Å²) in [6.45, 7) is 3.45. The van der Waals surface area contributed by atoms with Gasteiger partial charge in [-0.3, -0.25) is 0 Å². The third kappa shape index (κ3) is 4.41. The van der Waals surface area contributed by atoms with Crippen LogP contribution in [0.25, 0.3) is 0 Å². The molecule has 0 aromatic heterocycles. The molecule has 3 N–H and O–H groups in total. The molecule has 1 unspecified atom stereocenters. The summed E-state index contributed by atoms with van der Waals surface area (Å²) in [7, 11) is 1.54. The van der Waals surface area contributed by atoms with Gasteiger partial charge in [0.15, 0.2) is 0 Å². The van der Waals surface area contributed by atoms with Crippen molar-refractivity contribution in [2.24, 2.45) is 5.92 Å². The molecule has 0 aliphatic heterocycles. The van der Waals surface area contributed by atoms with E-state index in [9.17, 15) is 9.59 Å². The Bertz CT molecular complexity index is 505. The van der Waals surface area contributed by atoms with Crippen LogP contribution in [0.3, 0.4) is 0 Å². The molecule has 1 atom stereocenters. The van der Waals surface area contributed by atoms with Gasteiger partial charge in [0.2, 0.25) is 0 Å². The molecule has 0 radical (unpaired) electrons. The first-order valence-corrected chi connectivity index (χ1v) is 6.78. The molecule has 0 heterocycles. The zero-order valence-electron chi connectivity index (χ0n) is 11.4. The van der Waals surface area contributed by atoms with Gasteiger partial charge in [0.05, 0.1) is 11.6 Å². The maximum Gasteiger partial charge on any atom is 0.326 e. The van der Waals surface area contributed by atoms with E-state index >= 15 is 0 Å². The zero-order chi connectivity index (χ0) is 15.3. The van der Waals surface area contributed by atoms with Gasteiger partial charge in [0, 0.05) is 5.69 Å². The highest BCUT2D eigenvalue weighted by molar-refractivity contribution is 9.10. The van der Waals surface area contributed by atoms with Crippen LogP contribution in [0.4, 0.5) is 10.5 Å². The lowest BCUT2D eigenvalue weighted by Crippen LogP contribution is -2.46. The number of halogens is 1. The fourth-order valence-electron chi connectivity index (χ4n) is 1.57. The number of urea groups is 1. The molecule has 7 heteroatoms. The summed E-state index contributed by atoms with van der Waals surface area (Å²) < 4.78 is 5.77. The van der Waals surface area contributed by atoms with Crippen LogP contribution in [0.15, 0.2) is 22.7 Å². The van der Waals surface area contributed by atoms with Crippen molar-refractivity contribution in [2.45, 2.75) is 19.9 Å². The Kier molecular flexibility index (Phi) is 5.82. The number of ether oxygens (including phenoxy) is 1. The quantitative estimate of drug-likeness (QED) is 0.766. The van der Waals surface area contributed by atoms with Crippen LogP contribution in [0.5, 0.6) is 5.75 Å². The van der Waals surface area contributed by atoms with Crippen molar-refractivity contribution >= 4 is 33.6 Å². The zero-order valence-corrected chi connectivity index (χ0v) is 13.0. The number of carboxylic acids is 1. The molecule has 0 spiro atoms. The summed E-state index contributed by atoms with van der Waals surface area (Å²) in [5, 5.41) is 14.0. The maximum atomic E-state index is 11.8. The summed E-state index contributed by atoms with van der Waals surface area (Å²) >= 11 is 3.30. The van der Waals surface area contributed by atoms with Gasteiger partial charge < -0.3 is 20.5 Å². The van der Waals surface area contributed by atoms with Gasteiger partial charge >= 0.3 is 12.0 Å². The lowest BCUT2D eigenvalue weighted by Gasteiger charge is -2.18. The van der Waals surface area contributed by atoms with Crippen molar-refractivity contribution in [2.75, 3.05) is 12.4 Å². The predicted molar refractivity (Wildman–Crippen MR) is 79.1 cm³/mol. The lowest BCUT2D eigenvalue weighted by atomic mass is 10.1. The van der Waals surface area contributed by atoms with Gasteiger partial charge in [-0.15, -0.1) is 0 Å². The SMILES string of the molecule is COc1ccc(NC(=O)NC(C(=O)O)C(C)C)cc1Br. The average Bonchev–Trinajstić information content (AvgIpc) is 2.35. The van der Waals surface area contributed by atoms with Crippen molar-refractivity contribution in [1.29, 1.82) is 0 Å². The van der Waals surface area contributed by atoms with Gasteiger partial charge in [0.1, 0.15) is 11.8 Å². The Morgan fingerprint density at radius 2 is 2.00 bits per heavy atom. The number of anilines is 1. The van der Waals surface area contributed by atoms with E-state index in [1.54, 1.807) is 39.2 Å². The Morgan fingerprint density at radius 3 is 2.45 bits per heavy atom. The standard InChI is InChI=1S/C13H17BrN2O4/c1-7(2)11(12(17)18)16-13(19)15-8-4-5-10(20-3)9(14)6-8/h4-7,11H,1-3H3,(H,17,18)(H2,15,16,19). The minimum absolute atomic E-state index is 0.208. The Balaban J connectivity index is 2.71. The molecule has 0 saturated heterocycles. The van der Waals surface area contributed by atoms with Crippen LogP contribution < -0.4 is 15.4 Å². The predicted octanol–water partition coefficient (Wildman–Crippen LogP) is 2.69. The van der Waals surface area contributed by atoms with Crippen molar-refractivity contribution in [1.82, 2.24) is 5.32 Å². The molecule has 1 aromatic carbocycles. The van der Waals surface area contributed by atoms with Gasteiger partial charge in [0.25, 0.3) is 0 Å². The van der Waals surface area contributed by atoms with E-state index in [0.29, 0.717) is 15.9 Å². The molecule has 110 valence electrons. The molecule has 0 bridgehead atoms. The van der Waals surface area contributed by atoms with E-state index in [2.05, 4.69) is 26.6 Å². The highest BCUT2D eigenvalue weighted by Gasteiger charge is 2.23. The number of amides is 2. The number of hydrogen-bond acceptors (Lipinski definition) is 3. The average molecular weight is 345 g/mol. The van der Waals surface area contributed by atoms with E-state index in [1.165, 1.54) is 0 Å². The summed E-state index contributed by atoms with van der Waals surface area (Å²) in [6.07, 6.45) is 0. The van der Waals surface area contributed by atoms with Gasteiger partial charge in [-0.05, 0) is 40.0 Å². The second kappa shape index (κ2) is 7.14. The van der Waals surface area contributed by atoms with Crippen LogP contribution in [-0.2, 0) is 4.79 Å². The van der Waals surface area contributed by atoms with E-state index in [-0.39, 0.29) is 5.92 Å². The van der Waals surface area contributed by atoms with Crippen LogP contribution in [0.2, 0.25) is 0 Å². The number of benzene rings is 1. The fraction of sp³-hybridized carbons (Fsp3) is 0.385. The number of hydrogen-bond donors (Lipinski definition) is 3. The molecule has 0 aliphatic rings. The van der Waals surface area contributed by atoms with Gasteiger partial charge in [-0.2, -0.15) is 0 Å². The second-order valence-electron chi connectivity index (χ2n) is 4.51. The third-order valence-electron chi connectivity index (χ3n) is 2.63. The second-order valence-corrected chi connectivity index (χ2v) is 5.36. The third-order valence-corrected chi connectivity index (χ3v) is 3.25. The minimum atomic E-state index is -1.06. The first kappa shape index (κ1) is 16.3. The van der Waals surface area contributed by atoms with Crippen LogP contribution in [-0.4, -0.2) is 30.3 Å². The van der Waals surface area contributed by atoms with Gasteiger partial charge in [-0.1, -0.05) is 13.8 Å². The van der Waals surface area contributed by atoms with Crippen LogP contribution >= 0.6 is 15.9 Å². The number of carboxylic acid groups (broad SMARTS) is 1. The molecule has 1 aromatic rings. The van der Waals surface area contributed by atoms with Crippen molar-refractivity contribution < 1.29 is 19.4 Å². The molecule has 6 nitrogen and oxygen atoms in total. The maximum absolute atomic E-state index is 11.8. The van der Waals surface area contributed by atoms with E-state index in [1.807, 2.05) is 0 Å². The van der Waals surface area contributed by atoms with E-state index in [0.717, 1.165) is 0 Å². The van der Waals surface area contributed by atoms with Crippen molar-refractivity contribution in [3.05, 3.63) is 22.7 Å². The largest absolute Gasteiger partial charge is 0.496 e. The first-order chi connectivity index (χ1) is 9.35. The summed E-state index contributed by atoms with van der Waals surface area (Å²) in [6, 6.07) is 3.52. The Morgan fingerprint density at radius 1 is 1.35 bits per heavy atom. The molecule has 0 aliphatic carbocycles. The molecular formula is C13H17BrN2O4. The highest BCUT2D eigenvalue weighted by atomic mass is 79.9. The first-order valence-electron chi connectivity index (χ1n) is 5.99. The number of rotatable bonds is 5. The summed E-state index contributed by atoms with van der Waals surface area (Å²) in [5.41, 5.74) is 0.531. The Labute approximate surface area is 125 Å². The summed E-state index contributed by atoms with van der Waals surface area (Å²) in [4.78, 5) is 22.8. The van der Waals surface area contributed by atoms with Crippen LogP contribution in [0, 0.1) is 5.92 Å². The smallest absolute Gasteiger partial charge is 0.326 e. The number of nitrogens with one attached hydrogen (secondary N) is 2. The molecule has 20 heavy (non-hydrogen) atoms. The molecule has 1 rings (SSSR count). The minimum Gasteiger partial charge on any atom is -0.496 e. The molecule has 2 amide bonds. The normalized spacial score (nSPS) is 11.8. The molecule has 0 fully saturated rings.